The lowest BCUT2D eigenvalue weighted by molar-refractivity contribution is 0.251. The molecular formula is C9H17N3. The number of hydrogen-bond acceptors (Lipinski definition) is 1. The van der Waals surface area contributed by atoms with Crippen molar-refractivity contribution >= 4 is 5.96 Å². The van der Waals surface area contributed by atoms with Crippen LogP contribution in [0.3, 0.4) is 0 Å². The summed E-state index contributed by atoms with van der Waals surface area (Å²) in [7, 11) is 0. The summed E-state index contributed by atoms with van der Waals surface area (Å²) in [6.07, 6.45) is 6.57. The third-order valence-electron chi connectivity index (χ3n) is 3.32. The topological polar surface area (TPSA) is 53.1 Å². The third-order valence-corrected chi connectivity index (χ3v) is 3.32. The molecule has 1 saturated heterocycles. The average Bonchev–Trinajstić information content (AvgIpc) is 2.47. The zero-order valence-corrected chi connectivity index (χ0v) is 7.42. The molecule has 0 aromatic rings. The van der Waals surface area contributed by atoms with E-state index in [0.717, 1.165) is 12.5 Å². The molecule has 0 amide bonds. The Labute approximate surface area is 73.4 Å². The van der Waals surface area contributed by atoms with Crippen LogP contribution in [0.1, 0.15) is 32.1 Å². The van der Waals surface area contributed by atoms with E-state index >= 15 is 0 Å². The van der Waals surface area contributed by atoms with Crippen LogP contribution in [0.5, 0.6) is 0 Å². The van der Waals surface area contributed by atoms with Crippen molar-refractivity contribution in [3.05, 3.63) is 0 Å². The SMILES string of the molecule is N=C(N)N1CC[C@H]2CCCC[C@H]21. The highest BCUT2D eigenvalue weighted by Crippen LogP contribution is 2.35. The summed E-state index contributed by atoms with van der Waals surface area (Å²) < 4.78 is 0. The molecule has 1 aliphatic carbocycles. The molecule has 0 bridgehead atoms. The standard InChI is InChI=1S/C9H17N3/c10-9(11)12-6-5-7-3-1-2-4-8(7)12/h7-8H,1-6H2,(H3,10,11)/t7-,8-/m1/s1. The van der Waals surface area contributed by atoms with E-state index in [-0.39, 0.29) is 5.96 Å². The highest BCUT2D eigenvalue weighted by atomic mass is 15.3. The van der Waals surface area contributed by atoms with Crippen LogP contribution in [0.2, 0.25) is 0 Å². The van der Waals surface area contributed by atoms with Gasteiger partial charge in [0, 0.05) is 12.6 Å². The normalized spacial score (nSPS) is 34.8. The van der Waals surface area contributed by atoms with Gasteiger partial charge in [0.2, 0.25) is 0 Å². The first-order valence-corrected chi connectivity index (χ1v) is 4.89. The number of fused-ring (bicyclic) bond motifs is 1. The van der Waals surface area contributed by atoms with Crippen LogP contribution < -0.4 is 5.73 Å². The van der Waals surface area contributed by atoms with Gasteiger partial charge in [0.05, 0.1) is 0 Å². The van der Waals surface area contributed by atoms with Crippen LogP contribution in [-0.4, -0.2) is 23.4 Å². The molecular weight excluding hydrogens is 150 g/mol. The van der Waals surface area contributed by atoms with Gasteiger partial charge in [-0.05, 0) is 25.2 Å². The van der Waals surface area contributed by atoms with Crippen molar-refractivity contribution in [1.29, 1.82) is 5.41 Å². The molecule has 2 rings (SSSR count). The van der Waals surface area contributed by atoms with Gasteiger partial charge in [-0.1, -0.05) is 12.8 Å². The monoisotopic (exact) mass is 167 g/mol. The summed E-state index contributed by atoms with van der Waals surface area (Å²) in [5, 5.41) is 7.42. The van der Waals surface area contributed by atoms with Crippen LogP contribution in [0.15, 0.2) is 0 Å². The highest BCUT2D eigenvalue weighted by molar-refractivity contribution is 5.75. The molecule has 0 radical (unpaired) electrons. The zero-order valence-electron chi connectivity index (χ0n) is 7.42. The molecule has 3 heteroatoms. The van der Waals surface area contributed by atoms with E-state index < -0.39 is 0 Å². The van der Waals surface area contributed by atoms with Crippen LogP contribution in [0.25, 0.3) is 0 Å². The lowest BCUT2D eigenvalue weighted by Gasteiger charge is -2.31. The molecule has 3 N–H and O–H groups in total. The van der Waals surface area contributed by atoms with Gasteiger partial charge in [-0.2, -0.15) is 0 Å². The third kappa shape index (κ3) is 1.17. The summed E-state index contributed by atoms with van der Waals surface area (Å²) in [5.41, 5.74) is 5.51. The van der Waals surface area contributed by atoms with Gasteiger partial charge in [0.25, 0.3) is 0 Å². The average molecular weight is 167 g/mol. The Bertz CT molecular complexity index is 190. The van der Waals surface area contributed by atoms with E-state index in [1.807, 2.05) is 0 Å². The van der Waals surface area contributed by atoms with Gasteiger partial charge in [0.1, 0.15) is 0 Å². The first kappa shape index (κ1) is 7.90. The fourth-order valence-corrected chi connectivity index (χ4v) is 2.70. The van der Waals surface area contributed by atoms with Crippen LogP contribution in [0.4, 0.5) is 0 Å². The Balaban J connectivity index is 2.05. The summed E-state index contributed by atoms with van der Waals surface area (Å²) in [6.45, 7) is 1.02. The molecule has 68 valence electrons. The van der Waals surface area contributed by atoms with E-state index in [9.17, 15) is 0 Å². The molecule has 2 fully saturated rings. The summed E-state index contributed by atoms with van der Waals surface area (Å²) in [4.78, 5) is 2.09. The fraction of sp³-hybridized carbons (Fsp3) is 0.889. The molecule has 3 nitrogen and oxygen atoms in total. The number of guanidine groups is 1. The molecule has 0 unspecified atom stereocenters. The number of nitrogens with zero attached hydrogens (tertiary/aromatic N) is 1. The van der Waals surface area contributed by atoms with E-state index in [0.29, 0.717) is 6.04 Å². The van der Waals surface area contributed by atoms with Crippen molar-refractivity contribution in [3.8, 4) is 0 Å². The zero-order chi connectivity index (χ0) is 8.55. The van der Waals surface area contributed by atoms with Gasteiger partial charge in [-0.25, -0.2) is 0 Å². The maximum Gasteiger partial charge on any atom is 0.188 e. The molecule has 0 aromatic carbocycles. The van der Waals surface area contributed by atoms with Crippen molar-refractivity contribution in [2.24, 2.45) is 11.7 Å². The van der Waals surface area contributed by atoms with Gasteiger partial charge in [-0.15, -0.1) is 0 Å². The Morgan fingerprint density at radius 2 is 2.00 bits per heavy atom. The lowest BCUT2D eigenvalue weighted by atomic mass is 9.85. The Morgan fingerprint density at radius 3 is 2.75 bits per heavy atom. The summed E-state index contributed by atoms with van der Waals surface area (Å²) in [6, 6.07) is 0.608. The molecule has 0 spiro atoms. The van der Waals surface area contributed by atoms with Crippen LogP contribution in [0, 0.1) is 11.3 Å². The highest BCUT2D eigenvalue weighted by Gasteiger charge is 2.35. The quantitative estimate of drug-likeness (QED) is 0.420. The maximum atomic E-state index is 7.42. The summed E-state index contributed by atoms with van der Waals surface area (Å²) >= 11 is 0. The predicted molar refractivity (Wildman–Crippen MR) is 49.0 cm³/mol. The summed E-state index contributed by atoms with van der Waals surface area (Å²) in [5.74, 6) is 1.12. The minimum atomic E-state index is 0.282. The van der Waals surface area contributed by atoms with E-state index in [4.69, 9.17) is 11.1 Å². The number of nitrogens with one attached hydrogen (secondary N) is 1. The Kier molecular flexibility index (Phi) is 1.95. The van der Waals surface area contributed by atoms with Crippen LogP contribution >= 0.6 is 0 Å². The number of hydrogen-bond donors (Lipinski definition) is 2. The van der Waals surface area contributed by atoms with E-state index in [2.05, 4.69) is 4.90 Å². The number of nitrogens with two attached hydrogens (primary N) is 1. The molecule has 1 aliphatic heterocycles. The first-order chi connectivity index (χ1) is 5.79. The Hall–Kier alpha value is -0.730. The van der Waals surface area contributed by atoms with Crippen LogP contribution in [-0.2, 0) is 0 Å². The maximum absolute atomic E-state index is 7.42. The molecule has 1 saturated carbocycles. The molecule has 2 aliphatic rings. The number of rotatable bonds is 0. The van der Waals surface area contributed by atoms with Gasteiger partial charge in [-0.3, -0.25) is 5.41 Å². The smallest absolute Gasteiger partial charge is 0.188 e. The first-order valence-electron chi connectivity index (χ1n) is 4.89. The second kappa shape index (κ2) is 2.96. The second-order valence-electron chi connectivity index (χ2n) is 3.98. The minimum Gasteiger partial charge on any atom is -0.370 e. The molecule has 12 heavy (non-hydrogen) atoms. The Morgan fingerprint density at radius 1 is 1.25 bits per heavy atom. The van der Waals surface area contributed by atoms with Crippen molar-refractivity contribution in [2.75, 3.05) is 6.54 Å². The van der Waals surface area contributed by atoms with Crippen molar-refractivity contribution < 1.29 is 0 Å². The van der Waals surface area contributed by atoms with E-state index in [1.54, 1.807) is 0 Å². The molecule has 2 atom stereocenters. The fourth-order valence-electron chi connectivity index (χ4n) is 2.70. The molecule has 0 aromatic heterocycles. The number of likely N-dealkylation sites (tertiary alicyclic amines) is 1. The minimum absolute atomic E-state index is 0.282. The van der Waals surface area contributed by atoms with Gasteiger partial charge in [0.15, 0.2) is 5.96 Å². The van der Waals surface area contributed by atoms with Gasteiger partial charge < -0.3 is 10.6 Å². The molecule has 1 heterocycles. The lowest BCUT2D eigenvalue weighted by Crippen LogP contribution is -2.42. The van der Waals surface area contributed by atoms with Crippen molar-refractivity contribution in [2.45, 2.75) is 38.1 Å². The van der Waals surface area contributed by atoms with E-state index in [1.165, 1.54) is 32.1 Å². The largest absolute Gasteiger partial charge is 0.370 e. The van der Waals surface area contributed by atoms with Crippen molar-refractivity contribution in [3.63, 3.8) is 0 Å². The van der Waals surface area contributed by atoms with Crippen molar-refractivity contribution in [1.82, 2.24) is 4.90 Å². The predicted octanol–water partition coefficient (Wildman–Crippen LogP) is 1.14. The second-order valence-corrected chi connectivity index (χ2v) is 3.98. The van der Waals surface area contributed by atoms with Gasteiger partial charge >= 0.3 is 0 Å².